The minimum Gasteiger partial charge on any atom is -0.465 e. The standard InChI is InChI=1S/C8H17NO3S/c1-8(2,3)9(7(11)12)6(4-10)5-13/h6,10,13H,4-5H2,1-3H3,(H,11,12)/t6-/m1/s1. The first-order valence-corrected chi connectivity index (χ1v) is 4.71. The first-order chi connectivity index (χ1) is 5.84. The molecule has 0 aromatic carbocycles. The second kappa shape index (κ2) is 4.72. The number of hydrogen-bond acceptors (Lipinski definition) is 3. The van der Waals surface area contributed by atoms with E-state index in [1.54, 1.807) is 20.8 Å². The van der Waals surface area contributed by atoms with Crippen LogP contribution in [0.1, 0.15) is 20.8 Å². The van der Waals surface area contributed by atoms with Gasteiger partial charge in [-0.3, -0.25) is 4.90 Å². The molecule has 4 nitrogen and oxygen atoms in total. The zero-order valence-corrected chi connectivity index (χ0v) is 9.08. The number of nitrogens with zero attached hydrogens (tertiary/aromatic N) is 1. The Bertz CT molecular complexity index is 175. The molecule has 0 spiro atoms. The van der Waals surface area contributed by atoms with Gasteiger partial charge < -0.3 is 10.2 Å². The largest absolute Gasteiger partial charge is 0.465 e. The van der Waals surface area contributed by atoms with Crippen molar-refractivity contribution in [1.29, 1.82) is 0 Å². The van der Waals surface area contributed by atoms with Crippen molar-refractivity contribution < 1.29 is 15.0 Å². The summed E-state index contributed by atoms with van der Waals surface area (Å²) in [6.45, 7) is 5.15. The first-order valence-electron chi connectivity index (χ1n) is 4.08. The number of amides is 1. The van der Waals surface area contributed by atoms with Crippen molar-refractivity contribution in [3.8, 4) is 0 Å². The number of carbonyl (C=O) groups is 1. The molecule has 2 N–H and O–H groups in total. The Kier molecular flexibility index (Phi) is 4.56. The Morgan fingerprint density at radius 2 is 2.00 bits per heavy atom. The number of hydrogen-bond donors (Lipinski definition) is 3. The second-order valence-electron chi connectivity index (χ2n) is 3.84. The van der Waals surface area contributed by atoms with Gasteiger partial charge in [-0.25, -0.2) is 4.79 Å². The molecule has 0 radical (unpaired) electrons. The highest BCUT2D eigenvalue weighted by Gasteiger charge is 2.31. The van der Waals surface area contributed by atoms with E-state index in [1.165, 1.54) is 4.90 Å². The molecule has 1 amide bonds. The number of aliphatic hydroxyl groups excluding tert-OH is 1. The molecule has 0 heterocycles. The molecule has 0 unspecified atom stereocenters. The highest BCUT2D eigenvalue weighted by molar-refractivity contribution is 7.80. The lowest BCUT2D eigenvalue weighted by molar-refractivity contribution is 0.0550. The summed E-state index contributed by atoms with van der Waals surface area (Å²) in [4.78, 5) is 12.1. The van der Waals surface area contributed by atoms with Crippen molar-refractivity contribution >= 4 is 18.7 Å². The van der Waals surface area contributed by atoms with Crippen LogP contribution in [0.2, 0.25) is 0 Å². The third-order valence-electron chi connectivity index (χ3n) is 1.72. The van der Waals surface area contributed by atoms with E-state index in [9.17, 15) is 4.79 Å². The molecule has 0 saturated heterocycles. The third-order valence-corrected chi connectivity index (χ3v) is 2.14. The monoisotopic (exact) mass is 207 g/mol. The molecule has 0 saturated carbocycles. The van der Waals surface area contributed by atoms with Gasteiger partial charge in [0, 0.05) is 11.3 Å². The van der Waals surface area contributed by atoms with E-state index in [0.29, 0.717) is 5.75 Å². The summed E-state index contributed by atoms with van der Waals surface area (Å²) >= 11 is 4.00. The molecule has 0 aliphatic heterocycles. The summed E-state index contributed by atoms with van der Waals surface area (Å²) in [5, 5.41) is 17.9. The molecule has 78 valence electrons. The highest BCUT2D eigenvalue weighted by Crippen LogP contribution is 2.17. The Hall–Kier alpha value is -0.420. The van der Waals surface area contributed by atoms with Crippen molar-refractivity contribution in [2.75, 3.05) is 12.4 Å². The van der Waals surface area contributed by atoms with Crippen LogP contribution in [0.25, 0.3) is 0 Å². The Labute approximate surface area is 84.0 Å². The van der Waals surface area contributed by atoms with E-state index < -0.39 is 17.7 Å². The molecule has 0 rings (SSSR count). The molecule has 0 bridgehead atoms. The smallest absolute Gasteiger partial charge is 0.408 e. The molecule has 0 aliphatic carbocycles. The third kappa shape index (κ3) is 3.44. The van der Waals surface area contributed by atoms with Crippen molar-refractivity contribution in [2.45, 2.75) is 32.4 Å². The van der Waals surface area contributed by atoms with Crippen molar-refractivity contribution in [3.63, 3.8) is 0 Å². The Morgan fingerprint density at radius 3 is 2.08 bits per heavy atom. The van der Waals surface area contributed by atoms with Crippen LogP contribution >= 0.6 is 12.6 Å². The second-order valence-corrected chi connectivity index (χ2v) is 4.21. The average molecular weight is 207 g/mol. The van der Waals surface area contributed by atoms with Gasteiger partial charge in [-0.05, 0) is 20.8 Å². The average Bonchev–Trinajstić information content (AvgIpc) is 1.96. The van der Waals surface area contributed by atoms with Crippen LogP contribution in [0.5, 0.6) is 0 Å². The van der Waals surface area contributed by atoms with E-state index in [4.69, 9.17) is 10.2 Å². The molecule has 0 aromatic heterocycles. The Balaban J connectivity index is 4.69. The van der Waals surface area contributed by atoms with Gasteiger partial charge in [0.2, 0.25) is 0 Å². The molecule has 0 fully saturated rings. The van der Waals surface area contributed by atoms with E-state index >= 15 is 0 Å². The summed E-state index contributed by atoms with van der Waals surface area (Å²) < 4.78 is 0. The predicted molar refractivity (Wildman–Crippen MR) is 54.3 cm³/mol. The lowest BCUT2D eigenvalue weighted by atomic mass is 10.0. The number of rotatable bonds is 3. The Morgan fingerprint density at radius 1 is 1.54 bits per heavy atom. The highest BCUT2D eigenvalue weighted by atomic mass is 32.1. The lowest BCUT2D eigenvalue weighted by Gasteiger charge is -2.38. The van der Waals surface area contributed by atoms with Crippen LogP contribution in [0.3, 0.4) is 0 Å². The van der Waals surface area contributed by atoms with Gasteiger partial charge in [0.15, 0.2) is 0 Å². The quantitative estimate of drug-likeness (QED) is 0.606. The van der Waals surface area contributed by atoms with Gasteiger partial charge in [0.1, 0.15) is 0 Å². The van der Waals surface area contributed by atoms with E-state index in [-0.39, 0.29) is 6.61 Å². The van der Waals surface area contributed by atoms with Gasteiger partial charge in [0.05, 0.1) is 12.6 Å². The predicted octanol–water partition coefficient (Wildman–Crippen LogP) is 1.06. The summed E-state index contributed by atoms with van der Waals surface area (Å²) in [7, 11) is 0. The van der Waals surface area contributed by atoms with Crippen molar-refractivity contribution in [3.05, 3.63) is 0 Å². The SMILES string of the molecule is CC(C)(C)N(C(=O)O)[C@H](CO)CS. The number of aliphatic hydroxyl groups is 1. The number of carboxylic acid groups (broad SMARTS) is 1. The van der Waals surface area contributed by atoms with Gasteiger partial charge in [0.25, 0.3) is 0 Å². The maximum Gasteiger partial charge on any atom is 0.408 e. The summed E-state index contributed by atoms with van der Waals surface area (Å²) in [5.41, 5.74) is -0.512. The minimum absolute atomic E-state index is 0.201. The fraction of sp³-hybridized carbons (Fsp3) is 0.875. The van der Waals surface area contributed by atoms with E-state index in [1.807, 2.05) is 0 Å². The van der Waals surface area contributed by atoms with Gasteiger partial charge in [-0.15, -0.1) is 0 Å². The van der Waals surface area contributed by atoms with Gasteiger partial charge in [-0.1, -0.05) is 0 Å². The van der Waals surface area contributed by atoms with Crippen LogP contribution in [0, 0.1) is 0 Å². The van der Waals surface area contributed by atoms with Crippen LogP contribution < -0.4 is 0 Å². The topological polar surface area (TPSA) is 60.8 Å². The fourth-order valence-corrected chi connectivity index (χ4v) is 1.49. The molecular formula is C8H17NO3S. The number of thiol groups is 1. The molecule has 1 atom stereocenters. The van der Waals surface area contributed by atoms with Crippen LogP contribution in [0.15, 0.2) is 0 Å². The maximum atomic E-state index is 10.9. The molecule has 0 aliphatic rings. The molecule has 13 heavy (non-hydrogen) atoms. The van der Waals surface area contributed by atoms with E-state index in [0.717, 1.165) is 0 Å². The normalized spacial score (nSPS) is 13.9. The fourth-order valence-electron chi connectivity index (χ4n) is 1.21. The zero-order valence-electron chi connectivity index (χ0n) is 8.19. The summed E-state index contributed by atoms with van der Waals surface area (Å²) in [6, 6.07) is -0.444. The van der Waals surface area contributed by atoms with Gasteiger partial charge in [-0.2, -0.15) is 12.6 Å². The van der Waals surface area contributed by atoms with Gasteiger partial charge >= 0.3 is 6.09 Å². The van der Waals surface area contributed by atoms with Crippen molar-refractivity contribution in [2.24, 2.45) is 0 Å². The van der Waals surface area contributed by atoms with Crippen LogP contribution in [0.4, 0.5) is 4.79 Å². The first kappa shape index (κ1) is 12.6. The van der Waals surface area contributed by atoms with E-state index in [2.05, 4.69) is 12.6 Å². The lowest BCUT2D eigenvalue weighted by Crippen LogP contribution is -2.53. The van der Waals surface area contributed by atoms with Crippen molar-refractivity contribution in [1.82, 2.24) is 4.90 Å². The van der Waals surface area contributed by atoms with Crippen LogP contribution in [-0.2, 0) is 0 Å². The summed E-state index contributed by atoms with van der Waals surface area (Å²) in [5.74, 6) is 0.320. The minimum atomic E-state index is -1.03. The molecule has 0 aromatic rings. The molecule has 5 heteroatoms. The van der Waals surface area contributed by atoms with Crippen LogP contribution in [-0.4, -0.2) is 45.1 Å². The maximum absolute atomic E-state index is 10.9. The zero-order chi connectivity index (χ0) is 10.6. The summed E-state index contributed by atoms with van der Waals surface area (Å²) in [6.07, 6.45) is -1.03. The molecular weight excluding hydrogens is 190 g/mol.